The van der Waals surface area contributed by atoms with Gasteiger partial charge in [0, 0.05) is 7.11 Å². The Morgan fingerprint density at radius 3 is 0.833 bits per heavy atom. The Bertz CT molecular complexity index is 277. The Morgan fingerprint density at radius 1 is 0.500 bits per heavy atom. The van der Waals surface area contributed by atoms with Crippen LogP contribution in [-0.4, -0.2) is 12.2 Å². The molecule has 0 aliphatic carbocycles. The molecule has 2 aromatic rings. The minimum Gasteiger partial charge on any atom is -0.400 e. The standard InChI is InChI=1S/C10H8.3C2H6.CH4O/c1-2-6-10-8-4-3-7-9(10)5-1;4*1-2/h1-8H;3*1-2H3;2H,1H3. The molecular weight excluding hydrogens is 220 g/mol. The SMILES string of the molecule is CC.CC.CC.CO.c1ccc2ccccc2c1. The van der Waals surface area contributed by atoms with Crippen molar-refractivity contribution in [2.24, 2.45) is 0 Å². The summed E-state index contributed by atoms with van der Waals surface area (Å²) in [7, 11) is 1.00. The van der Waals surface area contributed by atoms with Gasteiger partial charge in [-0.1, -0.05) is 90.1 Å². The van der Waals surface area contributed by atoms with Crippen LogP contribution < -0.4 is 0 Å². The Hall–Kier alpha value is -1.34. The Morgan fingerprint density at radius 2 is 0.667 bits per heavy atom. The van der Waals surface area contributed by atoms with Gasteiger partial charge in [-0.05, 0) is 10.8 Å². The molecule has 1 nitrogen and oxygen atoms in total. The van der Waals surface area contributed by atoms with E-state index in [4.69, 9.17) is 5.11 Å². The topological polar surface area (TPSA) is 20.2 Å². The minimum absolute atomic E-state index is 1.00. The highest BCUT2D eigenvalue weighted by Crippen LogP contribution is 2.11. The van der Waals surface area contributed by atoms with Gasteiger partial charge in [-0.15, -0.1) is 0 Å². The maximum atomic E-state index is 7.00. The number of aliphatic hydroxyl groups is 1. The fourth-order valence-corrected chi connectivity index (χ4v) is 1.13. The zero-order chi connectivity index (χ0) is 14.8. The van der Waals surface area contributed by atoms with Gasteiger partial charge in [-0.25, -0.2) is 0 Å². The molecule has 0 spiro atoms. The average Bonchev–Trinajstić information content (AvgIpc) is 2.55. The van der Waals surface area contributed by atoms with E-state index in [1.54, 1.807) is 0 Å². The summed E-state index contributed by atoms with van der Waals surface area (Å²) in [5, 5.41) is 9.62. The lowest BCUT2D eigenvalue weighted by atomic mass is 10.1. The smallest absolute Gasteiger partial charge is 0.0319 e. The van der Waals surface area contributed by atoms with Crippen LogP contribution >= 0.6 is 0 Å². The van der Waals surface area contributed by atoms with Gasteiger partial charge in [-0.2, -0.15) is 0 Å². The molecule has 2 rings (SSSR count). The summed E-state index contributed by atoms with van der Waals surface area (Å²) in [6, 6.07) is 16.7. The highest BCUT2D eigenvalue weighted by Gasteiger charge is 1.85. The molecule has 0 atom stereocenters. The van der Waals surface area contributed by atoms with Crippen molar-refractivity contribution in [1.82, 2.24) is 0 Å². The maximum Gasteiger partial charge on any atom is 0.0319 e. The van der Waals surface area contributed by atoms with Crippen LogP contribution in [0.4, 0.5) is 0 Å². The second kappa shape index (κ2) is 21.0. The second-order valence-electron chi connectivity index (χ2n) is 2.35. The van der Waals surface area contributed by atoms with Gasteiger partial charge in [0.1, 0.15) is 0 Å². The van der Waals surface area contributed by atoms with Crippen LogP contribution in [0.5, 0.6) is 0 Å². The molecule has 0 radical (unpaired) electrons. The summed E-state index contributed by atoms with van der Waals surface area (Å²) in [6.45, 7) is 12.0. The summed E-state index contributed by atoms with van der Waals surface area (Å²) in [6.07, 6.45) is 0. The normalized spacial score (nSPS) is 6.89. The largest absolute Gasteiger partial charge is 0.400 e. The lowest BCUT2D eigenvalue weighted by molar-refractivity contribution is 0.399. The van der Waals surface area contributed by atoms with E-state index in [0.717, 1.165) is 7.11 Å². The van der Waals surface area contributed by atoms with Crippen molar-refractivity contribution in [3.05, 3.63) is 48.5 Å². The highest BCUT2D eigenvalue weighted by molar-refractivity contribution is 5.81. The fourth-order valence-electron chi connectivity index (χ4n) is 1.13. The van der Waals surface area contributed by atoms with Crippen molar-refractivity contribution in [1.29, 1.82) is 0 Å². The molecule has 0 bridgehead atoms. The average molecular weight is 250 g/mol. The minimum atomic E-state index is 1.00. The molecule has 0 unspecified atom stereocenters. The van der Waals surface area contributed by atoms with E-state index in [1.807, 2.05) is 41.5 Å². The third-order valence-corrected chi connectivity index (χ3v) is 1.66. The fraction of sp³-hybridized carbons (Fsp3) is 0.412. The number of hydrogen-bond acceptors (Lipinski definition) is 1. The van der Waals surface area contributed by atoms with Crippen LogP contribution in [0.3, 0.4) is 0 Å². The van der Waals surface area contributed by atoms with Crippen molar-refractivity contribution < 1.29 is 5.11 Å². The third kappa shape index (κ3) is 9.86. The molecule has 1 N–H and O–H groups in total. The van der Waals surface area contributed by atoms with Crippen molar-refractivity contribution in [2.75, 3.05) is 7.11 Å². The Kier molecular flexibility index (Phi) is 25.5. The first-order valence-electron chi connectivity index (χ1n) is 6.85. The molecule has 104 valence electrons. The summed E-state index contributed by atoms with van der Waals surface area (Å²) in [5.74, 6) is 0. The van der Waals surface area contributed by atoms with E-state index < -0.39 is 0 Å². The predicted molar refractivity (Wildman–Crippen MR) is 86.1 cm³/mol. The first-order chi connectivity index (χ1) is 8.97. The molecule has 0 fully saturated rings. The van der Waals surface area contributed by atoms with Gasteiger partial charge >= 0.3 is 0 Å². The van der Waals surface area contributed by atoms with Crippen molar-refractivity contribution in [3.8, 4) is 0 Å². The zero-order valence-electron chi connectivity index (χ0n) is 13.1. The van der Waals surface area contributed by atoms with Gasteiger partial charge in [0.25, 0.3) is 0 Å². The van der Waals surface area contributed by atoms with Gasteiger partial charge in [0.2, 0.25) is 0 Å². The highest BCUT2D eigenvalue weighted by atomic mass is 16.2. The first kappa shape index (κ1) is 21.9. The molecule has 0 saturated heterocycles. The van der Waals surface area contributed by atoms with Gasteiger partial charge in [0.05, 0.1) is 0 Å². The van der Waals surface area contributed by atoms with Gasteiger partial charge in [-0.3, -0.25) is 0 Å². The summed E-state index contributed by atoms with van der Waals surface area (Å²) in [5.41, 5.74) is 0. The predicted octanol–water partition coefficient (Wildman–Crippen LogP) is 5.53. The van der Waals surface area contributed by atoms with Crippen molar-refractivity contribution >= 4 is 10.8 Å². The van der Waals surface area contributed by atoms with Crippen LogP contribution in [0.25, 0.3) is 10.8 Å². The lowest BCUT2D eigenvalue weighted by Crippen LogP contribution is -1.67. The van der Waals surface area contributed by atoms with Crippen LogP contribution in [0.2, 0.25) is 0 Å². The maximum absolute atomic E-state index is 7.00. The molecule has 0 saturated carbocycles. The molecule has 1 heteroatoms. The molecule has 18 heavy (non-hydrogen) atoms. The van der Waals surface area contributed by atoms with Crippen molar-refractivity contribution in [3.63, 3.8) is 0 Å². The van der Waals surface area contributed by atoms with E-state index in [-0.39, 0.29) is 0 Å². The van der Waals surface area contributed by atoms with E-state index in [9.17, 15) is 0 Å². The molecule has 0 aromatic heterocycles. The van der Waals surface area contributed by atoms with Crippen LogP contribution in [0.15, 0.2) is 48.5 Å². The molecular formula is C17H30O. The summed E-state index contributed by atoms with van der Waals surface area (Å²) >= 11 is 0. The number of benzene rings is 2. The summed E-state index contributed by atoms with van der Waals surface area (Å²) < 4.78 is 0. The Labute approximate surface area is 113 Å². The van der Waals surface area contributed by atoms with E-state index in [0.29, 0.717) is 0 Å². The van der Waals surface area contributed by atoms with E-state index in [1.165, 1.54) is 10.8 Å². The zero-order valence-corrected chi connectivity index (χ0v) is 13.1. The molecule has 0 aliphatic heterocycles. The summed E-state index contributed by atoms with van der Waals surface area (Å²) in [4.78, 5) is 0. The van der Waals surface area contributed by atoms with Gasteiger partial charge in [0.15, 0.2) is 0 Å². The number of aliphatic hydroxyl groups excluding tert-OH is 1. The number of rotatable bonds is 0. The number of fused-ring (bicyclic) bond motifs is 1. The molecule has 0 heterocycles. The lowest BCUT2D eigenvalue weighted by Gasteiger charge is -1.92. The first-order valence-corrected chi connectivity index (χ1v) is 6.85. The Balaban J connectivity index is -0.000000244. The molecule has 0 aliphatic rings. The number of hydrogen-bond donors (Lipinski definition) is 1. The monoisotopic (exact) mass is 250 g/mol. The van der Waals surface area contributed by atoms with Gasteiger partial charge < -0.3 is 5.11 Å². The second-order valence-corrected chi connectivity index (χ2v) is 2.35. The molecule has 2 aromatic carbocycles. The quantitative estimate of drug-likeness (QED) is 0.652. The van der Waals surface area contributed by atoms with E-state index >= 15 is 0 Å². The van der Waals surface area contributed by atoms with Crippen LogP contribution in [0, 0.1) is 0 Å². The van der Waals surface area contributed by atoms with Crippen molar-refractivity contribution in [2.45, 2.75) is 41.5 Å². The molecule has 0 amide bonds. The van der Waals surface area contributed by atoms with Crippen LogP contribution in [0.1, 0.15) is 41.5 Å². The van der Waals surface area contributed by atoms with E-state index in [2.05, 4.69) is 48.5 Å². The third-order valence-electron chi connectivity index (χ3n) is 1.66. The van der Waals surface area contributed by atoms with Crippen LogP contribution in [-0.2, 0) is 0 Å².